The summed E-state index contributed by atoms with van der Waals surface area (Å²) < 4.78 is 0. The van der Waals surface area contributed by atoms with E-state index >= 15 is 0 Å². The molecule has 0 bridgehead atoms. The van der Waals surface area contributed by atoms with Crippen LogP contribution in [0.4, 0.5) is 0 Å². The van der Waals surface area contributed by atoms with Gasteiger partial charge in [0.05, 0.1) is 0 Å². The normalized spacial score (nSPS) is 11.1. The number of fused-ring (bicyclic) bond motifs is 1. The second-order valence-electron chi connectivity index (χ2n) is 7.57. The van der Waals surface area contributed by atoms with Crippen LogP contribution in [0.3, 0.4) is 0 Å². The van der Waals surface area contributed by atoms with Gasteiger partial charge in [0, 0.05) is 17.0 Å². The summed E-state index contributed by atoms with van der Waals surface area (Å²) in [6.07, 6.45) is 1.37. The molecule has 5 heteroatoms. The van der Waals surface area contributed by atoms with Crippen LogP contribution >= 0.6 is 11.6 Å². The first-order valence-electron chi connectivity index (χ1n) is 10.1. The quantitative estimate of drug-likeness (QED) is 0.378. The van der Waals surface area contributed by atoms with Gasteiger partial charge in [-0.2, -0.15) is 0 Å². The third-order valence-electron chi connectivity index (χ3n) is 5.27. The average molecular weight is 426 g/mol. The Labute approximate surface area is 185 Å². The third-order valence-corrected chi connectivity index (χ3v) is 5.51. The van der Waals surface area contributed by atoms with Crippen LogP contribution in [-0.4, -0.2) is 20.1 Å². The third kappa shape index (κ3) is 4.16. The van der Waals surface area contributed by atoms with Crippen LogP contribution in [0, 0.1) is 0 Å². The van der Waals surface area contributed by atoms with E-state index in [9.17, 15) is 5.11 Å². The van der Waals surface area contributed by atoms with Crippen LogP contribution in [0.1, 0.15) is 22.3 Å². The van der Waals surface area contributed by atoms with Gasteiger partial charge in [0.2, 0.25) is 0 Å². The van der Waals surface area contributed by atoms with Crippen LogP contribution in [0.25, 0.3) is 16.7 Å². The van der Waals surface area contributed by atoms with Crippen molar-refractivity contribution in [2.24, 2.45) is 0 Å². The van der Waals surface area contributed by atoms with Crippen molar-refractivity contribution in [2.45, 2.75) is 12.8 Å². The van der Waals surface area contributed by atoms with Gasteiger partial charge in [-0.3, -0.25) is 0 Å². The molecule has 0 saturated heterocycles. The molecular weight excluding hydrogens is 406 g/mol. The van der Waals surface area contributed by atoms with E-state index in [4.69, 9.17) is 11.6 Å². The second-order valence-corrected chi connectivity index (χ2v) is 8.01. The van der Waals surface area contributed by atoms with Crippen LogP contribution in [-0.2, 0) is 12.8 Å². The molecule has 4 nitrogen and oxygen atoms in total. The number of benzene rings is 4. The molecule has 0 aliphatic rings. The molecule has 0 spiro atoms. The van der Waals surface area contributed by atoms with Gasteiger partial charge < -0.3 is 5.11 Å². The minimum atomic E-state index is 0.187. The van der Waals surface area contributed by atoms with Crippen molar-refractivity contribution >= 4 is 22.6 Å². The number of aromatic nitrogens is 3. The smallest absolute Gasteiger partial charge is 0.146 e. The molecule has 1 N–H and O–H groups in total. The zero-order valence-electron chi connectivity index (χ0n) is 16.7. The zero-order valence-corrected chi connectivity index (χ0v) is 17.5. The highest BCUT2D eigenvalue weighted by Crippen LogP contribution is 2.31. The first kappa shape index (κ1) is 19.3. The summed E-state index contributed by atoms with van der Waals surface area (Å²) in [5.41, 5.74) is 6.23. The lowest BCUT2D eigenvalue weighted by Crippen LogP contribution is -2.03. The predicted octanol–water partition coefficient (Wildman–Crippen LogP) is 5.96. The van der Waals surface area contributed by atoms with E-state index in [2.05, 4.69) is 40.5 Å². The molecule has 0 fully saturated rings. The van der Waals surface area contributed by atoms with Crippen molar-refractivity contribution in [2.75, 3.05) is 0 Å². The number of hydrogen-bond donors (Lipinski definition) is 1. The van der Waals surface area contributed by atoms with Crippen molar-refractivity contribution in [3.63, 3.8) is 0 Å². The monoisotopic (exact) mass is 425 g/mol. The fraction of sp³-hybridized carbons (Fsp3) is 0.0769. The molecule has 152 valence electrons. The summed E-state index contributed by atoms with van der Waals surface area (Å²) in [6, 6.07) is 29.8. The Hall–Kier alpha value is -3.63. The molecule has 5 aromatic rings. The highest BCUT2D eigenvalue weighted by Gasteiger charge is 2.16. The summed E-state index contributed by atoms with van der Waals surface area (Å²) in [5.74, 6) is 0.187. The fourth-order valence-electron chi connectivity index (χ4n) is 3.77. The van der Waals surface area contributed by atoms with Crippen molar-refractivity contribution in [1.82, 2.24) is 15.0 Å². The maximum Gasteiger partial charge on any atom is 0.146 e. The van der Waals surface area contributed by atoms with Crippen molar-refractivity contribution in [3.05, 3.63) is 118 Å². The summed E-state index contributed by atoms with van der Waals surface area (Å²) >= 11 is 6.11. The number of phenols is 1. The van der Waals surface area contributed by atoms with E-state index in [1.807, 2.05) is 48.5 Å². The topological polar surface area (TPSA) is 50.9 Å². The van der Waals surface area contributed by atoms with E-state index in [0.717, 1.165) is 28.6 Å². The molecule has 0 unspecified atom stereocenters. The number of nitrogens with zero attached hydrogens (tertiary/aromatic N) is 3. The standard InChI is InChI=1S/C26H20ClN3O/c27-22-11-12-23-24(17-22)29-30(28-23)25-16-20(13-18-7-3-1-4-8-18)15-21(26(25)31)14-19-9-5-2-6-10-19/h1-12,15-17,31H,13-14H2. The average Bonchev–Trinajstić information content (AvgIpc) is 3.20. The lowest BCUT2D eigenvalue weighted by molar-refractivity contribution is 0.461. The first-order chi connectivity index (χ1) is 15.2. The number of phenolic OH excluding ortho intramolecular Hbond substituents is 1. The van der Waals surface area contributed by atoms with Gasteiger partial charge in [-0.05, 0) is 47.4 Å². The summed E-state index contributed by atoms with van der Waals surface area (Å²) in [6.45, 7) is 0. The van der Waals surface area contributed by atoms with Crippen molar-refractivity contribution in [3.8, 4) is 11.4 Å². The van der Waals surface area contributed by atoms with Crippen molar-refractivity contribution in [1.29, 1.82) is 0 Å². The molecule has 0 atom stereocenters. The molecule has 31 heavy (non-hydrogen) atoms. The fourth-order valence-corrected chi connectivity index (χ4v) is 3.94. The molecule has 0 saturated carbocycles. The molecule has 1 heterocycles. The summed E-state index contributed by atoms with van der Waals surface area (Å²) in [7, 11) is 0. The molecule has 1 aromatic heterocycles. The van der Waals surface area contributed by atoms with Gasteiger partial charge in [-0.15, -0.1) is 15.0 Å². The molecular formula is C26H20ClN3O. The van der Waals surface area contributed by atoms with E-state index in [0.29, 0.717) is 22.6 Å². The van der Waals surface area contributed by atoms with Gasteiger partial charge in [-0.25, -0.2) is 0 Å². The van der Waals surface area contributed by atoms with Gasteiger partial charge in [0.25, 0.3) is 0 Å². The van der Waals surface area contributed by atoms with Crippen LogP contribution in [0.5, 0.6) is 5.75 Å². The first-order valence-corrected chi connectivity index (χ1v) is 10.5. The largest absolute Gasteiger partial charge is 0.505 e. The van der Waals surface area contributed by atoms with E-state index < -0.39 is 0 Å². The summed E-state index contributed by atoms with van der Waals surface area (Å²) in [4.78, 5) is 1.50. The number of rotatable bonds is 5. The maximum atomic E-state index is 11.1. The Kier molecular flexibility index (Phi) is 5.14. The zero-order chi connectivity index (χ0) is 21.2. The molecule has 5 rings (SSSR count). The second kappa shape index (κ2) is 8.25. The number of halogens is 1. The minimum Gasteiger partial charge on any atom is -0.505 e. The predicted molar refractivity (Wildman–Crippen MR) is 124 cm³/mol. The van der Waals surface area contributed by atoms with E-state index in [1.54, 1.807) is 12.1 Å². The lowest BCUT2D eigenvalue weighted by atomic mass is 9.97. The summed E-state index contributed by atoms with van der Waals surface area (Å²) in [5, 5.41) is 20.9. The Balaban J connectivity index is 1.62. The van der Waals surface area contributed by atoms with Gasteiger partial charge in [-0.1, -0.05) is 78.3 Å². The van der Waals surface area contributed by atoms with Gasteiger partial charge in [0.1, 0.15) is 22.5 Å². The van der Waals surface area contributed by atoms with Gasteiger partial charge in [0.15, 0.2) is 0 Å². The van der Waals surface area contributed by atoms with Crippen LogP contribution in [0.2, 0.25) is 5.02 Å². The SMILES string of the molecule is Oc1c(Cc2ccccc2)cc(Cc2ccccc2)cc1-n1nc2ccc(Cl)cc2n1. The molecule has 0 aliphatic carbocycles. The van der Waals surface area contributed by atoms with Crippen LogP contribution < -0.4 is 0 Å². The van der Waals surface area contributed by atoms with Gasteiger partial charge >= 0.3 is 0 Å². The molecule has 4 aromatic carbocycles. The Morgan fingerprint density at radius 2 is 1.32 bits per heavy atom. The highest BCUT2D eigenvalue weighted by molar-refractivity contribution is 6.31. The van der Waals surface area contributed by atoms with Crippen molar-refractivity contribution < 1.29 is 5.11 Å². The molecule has 0 radical (unpaired) electrons. The Morgan fingerprint density at radius 1 is 0.677 bits per heavy atom. The Morgan fingerprint density at radius 3 is 2.03 bits per heavy atom. The van der Waals surface area contributed by atoms with E-state index in [1.165, 1.54) is 10.4 Å². The van der Waals surface area contributed by atoms with Crippen LogP contribution in [0.15, 0.2) is 91.0 Å². The lowest BCUT2D eigenvalue weighted by Gasteiger charge is -2.13. The highest BCUT2D eigenvalue weighted by atomic mass is 35.5. The maximum absolute atomic E-state index is 11.1. The van der Waals surface area contributed by atoms with E-state index in [-0.39, 0.29) is 5.75 Å². The number of hydrogen-bond acceptors (Lipinski definition) is 3. The Bertz CT molecular complexity index is 1350. The number of aromatic hydroxyl groups is 1. The molecule has 0 amide bonds. The molecule has 0 aliphatic heterocycles. The minimum absolute atomic E-state index is 0.187.